The number of carbonyl (C=O) groups excluding carboxylic acids is 2. The molecule has 0 aliphatic rings. The number of hydrogen-bond donors (Lipinski definition) is 2. The summed E-state index contributed by atoms with van der Waals surface area (Å²) in [6.45, 7) is 4.10. The van der Waals surface area contributed by atoms with Gasteiger partial charge in [-0.3, -0.25) is 4.79 Å². The standard InChI is InChI=1S/C13H20N2O4S/c1-7-8(2)20-12(10(7)13(17)19-4)15-11(16)9(14)5-6-18-3/h9H,5-6,14H2,1-4H3,(H,15,16). The van der Waals surface area contributed by atoms with Crippen LogP contribution in [0.4, 0.5) is 5.00 Å². The van der Waals surface area contributed by atoms with Gasteiger partial charge in [0.2, 0.25) is 5.91 Å². The predicted molar refractivity (Wildman–Crippen MR) is 78.2 cm³/mol. The average molecular weight is 300 g/mol. The predicted octanol–water partition coefficient (Wildman–Crippen LogP) is 1.45. The second-order valence-corrected chi connectivity index (χ2v) is 5.58. The number of thiophene rings is 1. The molecule has 0 saturated carbocycles. The molecular formula is C13H20N2O4S. The molecule has 1 amide bonds. The molecule has 1 atom stereocenters. The summed E-state index contributed by atoms with van der Waals surface area (Å²) in [5.41, 5.74) is 6.95. The molecule has 0 radical (unpaired) electrons. The maximum Gasteiger partial charge on any atom is 0.341 e. The largest absolute Gasteiger partial charge is 0.465 e. The van der Waals surface area contributed by atoms with Crippen LogP contribution in [0.1, 0.15) is 27.2 Å². The minimum absolute atomic E-state index is 0.339. The number of carbonyl (C=O) groups is 2. The first-order valence-electron chi connectivity index (χ1n) is 6.16. The summed E-state index contributed by atoms with van der Waals surface area (Å²) in [5.74, 6) is -0.805. The molecule has 1 unspecified atom stereocenters. The Morgan fingerprint density at radius 2 is 2.00 bits per heavy atom. The Kier molecular flexibility index (Phi) is 6.12. The molecule has 0 spiro atoms. The summed E-state index contributed by atoms with van der Waals surface area (Å²) in [4.78, 5) is 24.7. The third kappa shape index (κ3) is 3.78. The Hall–Kier alpha value is -1.44. The summed E-state index contributed by atoms with van der Waals surface area (Å²) in [5, 5.41) is 3.17. The minimum Gasteiger partial charge on any atom is -0.465 e. The highest BCUT2D eigenvalue weighted by molar-refractivity contribution is 7.16. The van der Waals surface area contributed by atoms with Crippen LogP contribution in [0.15, 0.2) is 0 Å². The lowest BCUT2D eigenvalue weighted by Gasteiger charge is -2.11. The smallest absolute Gasteiger partial charge is 0.341 e. The Labute approximate surface area is 122 Å². The monoisotopic (exact) mass is 300 g/mol. The van der Waals surface area contributed by atoms with Gasteiger partial charge in [0.05, 0.1) is 18.7 Å². The van der Waals surface area contributed by atoms with Crippen molar-refractivity contribution in [2.24, 2.45) is 5.73 Å². The van der Waals surface area contributed by atoms with Crippen LogP contribution in [-0.4, -0.2) is 38.7 Å². The van der Waals surface area contributed by atoms with Gasteiger partial charge in [-0.1, -0.05) is 0 Å². The lowest BCUT2D eigenvalue weighted by atomic mass is 10.1. The number of nitrogens with two attached hydrogens (primary N) is 1. The second-order valence-electron chi connectivity index (χ2n) is 4.36. The van der Waals surface area contributed by atoms with Crippen molar-refractivity contribution in [3.63, 3.8) is 0 Å². The van der Waals surface area contributed by atoms with E-state index in [1.807, 2.05) is 13.8 Å². The highest BCUT2D eigenvalue weighted by Gasteiger charge is 2.23. The summed E-state index contributed by atoms with van der Waals surface area (Å²) < 4.78 is 9.63. The van der Waals surface area contributed by atoms with Gasteiger partial charge in [-0.05, 0) is 25.8 Å². The minimum atomic E-state index is -0.678. The van der Waals surface area contributed by atoms with Crippen molar-refractivity contribution in [3.8, 4) is 0 Å². The van der Waals surface area contributed by atoms with E-state index < -0.39 is 12.0 Å². The first-order valence-corrected chi connectivity index (χ1v) is 6.97. The Morgan fingerprint density at radius 1 is 1.35 bits per heavy atom. The molecule has 0 fully saturated rings. The maximum atomic E-state index is 12.0. The molecule has 20 heavy (non-hydrogen) atoms. The van der Waals surface area contributed by atoms with Crippen LogP contribution in [0.3, 0.4) is 0 Å². The topological polar surface area (TPSA) is 90.6 Å². The van der Waals surface area contributed by atoms with Crippen molar-refractivity contribution in [2.75, 3.05) is 26.1 Å². The molecule has 7 heteroatoms. The fourth-order valence-corrected chi connectivity index (χ4v) is 2.69. The van der Waals surface area contributed by atoms with Crippen LogP contribution in [0.2, 0.25) is 0 Å². The first kappa shape index (κ1) is 16.6. The van der Waals surface area contributed by atoms with Gasteiger partial charge in [0.25, 0.3) is 0 Å². The maximum absolute atomic E-state index is 12.0. The van der Waals surface area contributed by atoms with Gasteiger partial charge >= 0.3 is 5.97 Å². The van der Waals surface area contributed by atoms with E-state index >= 15 is 0 Å². The normalized spacial score (nSPS) is 12.1. The molecule has 6 nitrogen and oxygen atoms in total. The highest BCUT2D eigenvalue weighted by atomic mass is 32.1. The van der Waals surface area contributed by atoms with E-state index in [1.165, 1.54) is 18.4 Å². The third-order valence-corrected chi connectivity index (χ3v) is 4.10. The van der Waals surface area contributed by atoms with Gasteiger partial charge < -0.3 is 20.5 Å². The molecule has 112 valence electrons. The van der Waals surface area contributed by atoms with E-state index in [4.69, 9.17) is 15.2 Å². The van der Waals surface area contributed by atoms with E-state index in [0.717, 1.165) is 10.4 Å². The number of methoxy groups -OCH3 is 2. The van der Waals surface area contributed by atoms with Gasteiger partial charge in [-0.2, -0.15) is 0 Å². The van der Waals surface area contributed by atoms with Crippen LogP contribution in [0, 0.1) is 13.8 Å². The number of anilines is 1. The van der Waals surface area contributed by atoms with Crippen LogP contribution < -0.4 is 11.1 Å². The molecule has 1 aromatic heterocycles. The zero-order chi connectivity index (χ0) is 15.3. The number of rotatable bonds is 6. The Bertz CT molecular complexity index is 499. The molecule has 0 aliphatic heterocycles. The van der Waals surface area contributed by atoms with Crippen molar-refractivity contribution in [2.45, 2.75) is 26.3 Å². The number of esters is 1. The number of ether oxygens (including phenoxy) is 2. The van der Waals surface area contributed by atoms with Crippen molar-refractivity contribution >= 4 is 28.2 Å². The van der Waals surface area contributed by atoms with Gasteiger partial charge in [0, 0.05) is 18.6 Å². The fourth-order valence-electron chi connectivity index (χ4n) is 1.64. The van der Waals surface area contributed by atoms with Gasteiger partial charge in [0.15, 0.2) is 0 Å². The van der Waals surface area contributed by atoms with E-state index in [-0.39, 0.29) is 5.91 Å². The van der Waals surface area contributed by atoms with Crippen LogP contribution in [0.5, 0.6) is 0 Å². The number of amides is 1. The van der Waals surface area contributed by atoms with E-state index in [0.29, 0.717) is 23.6 Å². The van der Waals surface area contributed by atoms with Gasteiger partial charge in [-0.15, -0.1) is 11.3 Å². The lowest BCUT2D eigenvalue weighted by molar-refractivity contribution is -0.117. The summed E-state index contributed by atoms with van der Waals surface area (Å²) in [6.07, 6.45) is 0.416. The van der Waals surface area contributed by atoms with Crippen molar-refractivity contribution in [1.82, 2.24) is 0 Å². The van der Waals surface area contributed by atoms with Gasteiger partial charge in [0.1, 0.15) is 5.00 Å². The van der Waals surface area contributed by atoms with Crippen LogP contribution >= 0.6 is 11.3 Å². The second kappa shape index (κ2) is 7.37. The SMILES string of the molecule is COCCC(N)C(=O)Nc1sc(C)c(C)c1C(=O)OC. The molecule has 1 rings (SSSR count). The first-order chi connectivity index (χ1) is 9.42. The van der Waals surface area contributed by atoms with Crippen LogP contribution in [-0.2, 0) is 14.3 Å². The quantitative estimate of drug-likeness (QED) is 0.776. The van der Waals surface area contributed by atoms with Crippen LogP contribution in [0.25, 0.3) is 0 Å². The molecular weight excluding hydrogens is 280 g/mol. The molecule has 3 N–H and O–H groups in total. The number of hydrogen-bond acceptors (Lipinski definition) is 6. The van der Waals surface area contributed by atoms with Crippen molar-refractivity contribution < 1.29 is 19.1 Å². The molecule has 1 heterocycles. The fraction of sp³-hybridized carbons (Fsp3) is 0.538. The molecule has 0 saturated heterocycles. The highest BCUT2D eigenvalue weighted by Crippen LogP contribution is 2.32. The van der Waals surface area contributed by atoms with E-state index in [9.17, 15) is 9.59 Å². The zero-order valence-electron chi connectivity index (χ0n) is 12.1. The average Bonchev–Trinajstić information content (AvgIpc) is 2.70. The van der Waals surface area contributed by atoms with Crippen molar-refractivity contribution in [3.05, 3.63) is 16.0 Å². The molecule has 0 bridgehead atoms. The number of aryl methyl sites for hydroxylation is 1. The number of nitrogens with one attached hydrogen (secondary N) is 1. The molecule has 0 aromatic carbocycles. The molecule has 1 aromatic rings. The Morgan fingerprint density at radius 3 is 2.55 bits per heavy atom. The third-order valence-electron chi connectivity index (χ3n) is 2.98. The van der Waals surface area contributed by atoms with Gasteiger partial charge in [-0.25, -0.2) is 4.79 Å². The van der Waals surface area contributed by atoms with Crippen molar-refractivity contribution in [1.29, 1.82) is 0 Å². The summed E-state index contributed by atoms with van der Waals surface area (Å²) in [7, 11) is 2.86. The Balaban J connectivity index is 2.89. The van der Waals surface area contributed by atoms with E-state index in [2.05, 4.69) is 5.32 Å². The molecule has 0 aliphatic carbocycles. The van der Waals surface area contributed by atoms with E-state index in [1.54, 1.807) is 7.11 Å². The summed E-state index contributed by atoms with van der Waals surface area (Å²) >= 11 is 1.33. The zero-order valence-corrected chi connectivity index (χ0v) is 12.9. The summed E-state index contributed by atoms with van der Waals surface area (Å²) in [6, 6.07) is -0.678. The lowest BCUT2D eigenvalue weighted by Crippen LogP contribution is -2.36.